The molecular weight excluding hydrogens is 758 g/mol. The first-order chi connectivity index (χ1) is 26.5. The number of quaternary nitrogens is 1. The highest BCUT2D eigenvalue weighted by atomic mass is 31.2. The van der Waals surface area contributed by atoms with Crippen LogP contribution in [-0.4, -0.2) is 92.8 Å². The lowest BCUT2D eigenvalue weighted by molar-refractivity contribution is -0.870. The number of nitrogens with zero attached hydrogens (tertiary/aromatic N) is 3. The van der Waals surface area contributed by atoms with Gasteiger partial charge in [-0.2, -0.15) is 13.2 Å². The zero-order chi connectivity index (χ0) is 42.1. The summed E-state index contributed by atoms with van der Waals surface area (Å²) in [5.74, 6) is -2.43. The van der Waals surface area contributed by atoms with E-state index in [1.165, 1.54) is 57.8 Å². The number of phosphoric acid groups is 1. The van der Waals surface area contributed by atoms with Gasteiger partial charge in [0.15, 0.2) is 11.1 Å². The minimum Gasteiger partial charge on any atom is -0.475 e. The molecule has 0 saturated heterocycles. The molecule has 13 nitrogen and oxygen atoms in total. The molecule has 0 bridgehead atoms. The van der Waals surface area contributed by atoms with Crippen LogP contribution in [0.4, 0.5) is 13.2 Å². The molecule has 0 aliphatic carbocycles. The highest BCUT2D eigenvalue weighted by molar-refractivity contribution is 7.47. The van der Waals surface area contributed by atoms with Gasteiger partial charge in [0, 0.05) is 12.8 Å². The van der Waals surface area contributed by atoms with Gasteiger partial charge >= 0.3 is 37.6 Å². The van der Waals surface area contributed by atoms with Crippen LogP contribution >= 0.6 is 7.82 Å². The SMILES string of the molecule is CCCCCCCCCCCCCCCC(=O)OC[C@H](COP(=O)(O)OCC[N+](C)(C)C)OC(=O)CCCCCCCCCCCO/C(O)=C(/[N+]#N)C(F)(F)F. The first-order valence-electron chi connectivity index (χ1n) is 20.8. The van der Waals surface area contributed by atoms with E-state index in [4.69, 9.17) is 23.9 Å². The molecule has 328 valence electrons. The third kappa shape index (κ3) is 33.7. The standard InChI is InChI=1S/C39H71F3N3O10P/c1-5-6-7-8-9-10-11-12-13-15-18-21-24-27-35(46)52-32-34(33-54-56(49,50)53-31-29-45(2,3)4)55-36(47)28-25-22-19-16-14-17-20-23-26-30-51-38(48)37(44-43)39(40,41)42/h34H,5-33H2,1-4H3/p+2/b38-37+/t34-/m1/s1. The lowest BCUT2D eigenvalue weighted by Crippen LogP contribution is -2.37. The van der Waals surface area contributed by atoms with Gasteiger partial charge in [0.25, 0.3) is 0 Å². The van der Waals surface area contributed by atoms with E-state index in [1.807, 2.05) is 26.1 Å². The Balaban J connectivity index is 4.43. The molecule has 0 aromatic rings. The molecule has 0 heterocycles. The van der Waals surface area contributed by atoms with E-state index in [0.29, 0.717) is 36.7 Å². The maximum absolute atomic E-state index is 12.6. The highest BCUT2D eigenvalue weighted by Crippen LogP contribution is 2.43. The number of allylic oxidation sites excluding steroid dienone is 1. The van der Waals surface area contributed by atoms with E-state index in [9.17, 15) is 37.3 Å². The molecule has 0 aromatic carbocycles. The number of halogens is 3. The number of likely N-dealkylation sites (N-methyl/N-ethyl adjacent to an activating group) is 1. The predicted molar refractivity (Wildman–Crippen MR) is 209 cm³/mol. The number of aliphatic hydroxyl groups excluding tert-OH is 1. The fraction of sp³-hybridized carbons (Fsp3) is 0.897. The highest BCUT2D eigenvalue weighted by Gasteiger charge is 2.51. The number of phosphoric ester groups is 1. The third-order valence-corrected chi connectivity index (χ3v) is 9.97. The van der Waals surface area contributed by atoms with Crippen LogP contribution in [0.25, 0.3) is 4.98 Å². The van der Waals surface area contributed by atoms with E-state index in [1.54, 1.807) is 0 Å². The summed E-state index contributed by atoms with van der Waals surface area (Å²) in [4.78, 5) is 37.3. The van der Waals surface area contributed by atoms with Gasteiger partial charge in [-0.25, -0.2) is 4.57 Å². The number of ether oxygens (including phenoxy) is 3. The maximum atomic E-state index is 12.6. The largest absolute Gasteiger partial charge is 0.543 e. The van der Waals surface area contributed by atoms with Gasteiger partial charge in [-0.05, 0) is 19.3 Å². The summed E-state index contributed by atoms with van der Waals surface area (Å²) in [6.45, 7) is 1.74. The number of hydrogen-bond donors (Lipinski definition) is 2. The number of diazo groups is 1. The summed E-state index contributed by atoms with van der Waals surface area (Å²) in [7, 11) is 1.29. The Bertz CT molecular complexity index is 1160. The van der Waals surface area contributed by atoms with Gasteiger partial charge in [0.1, 0.15) is 19.8 Å². The Labute approximate surface area is 333 Å². The van der Waals surface area contributed by atoms with Crippen LogP contribution in [-0.2, 0) is 37.4 Å². The summed E-state index contributed by atoms with van der Waals surface area (Å²) < 4.78 is 76.2. The summed E-state index contributed by atoms with van der Waals surface area (Å²) in [5, 5.41) is 17.7. The zero-order valence-corrected chi connectivity index (χ0v) is 35.6. The summed E-state index contributed by atoms with van der Waals surface area (Å²) in [6, 6.07) is 0. The Morgan fingerprint density at radius 2 is 1.12 bits per heavy atom. The minimum absolute atomic E-state index is 0.0215. The van der Waals surface area contributed by atoms with Gasteiger partial charge in [-0.1, -0.05) is 129 Å². The Kier molecular flexibility index (Phi) is 31.1. The fourth-order valence-corrected chi connectivity index (χ4v) is 6.36. The topological polar surface area (TPSA) is 166 Å². The van der Waals surface area contributed by atoms with Crippen LogP contribution in [0.2, 0.25) is 0 Å². The van der Waals surface area contributed by atoms with Crippen LogP contribution in [0.1, 0.15) is 161 Å². The number of aliphatic hydroxyl groups is 1. The number of rotatable bonds is 37. The van der Waals surface area contributed by atoms with E-state index in [2.05, 4.69) is 11.7 Å². The lowest BCUT2D eigenvalue weighted by atomic mass is 10.0. The molecule has 0 rings (SSSR count). The molecule has 17 heteroatoms. The van der Waals surface area contributed by atoms with Crippen molar-refractivity contribution in [1.29, 1.82) is 5.39 Å². The number of alkyl halides is 3. The smallest absolute Gasteiger partial charge is 0.475 e. The maximum Gasteiger partial charge on any atom is 0.543 e. The minimum atomic E-state index is -5.02. The van der Waals surface area contributed by atoms with Gasteiger partial charge in [-0.15, -0.1) is 0 Å². The van der Waals surface area contributed by atoms with Crippen LogP contribution < -0.4 is 0 Å². The van der Waals surface area contributed by atoms with Crippen molar-refractivity contribution < 1.29 is 65.1 Å². The number of hydrogen-bond acceptors (Lipinski definition) is 10. The van der Waals surface area contributed by atoms with E-state index < -0.39 is 50.3 Å². The molecule has 0 saturated carbocycles. The van der Waals surface area contributed by atoms with Crippen molar-refractivity contribution in [3.8, 4) is 0 Å². The number of unbranched alkanes of at least 4 members (excludes halogenated alkanes) is 20. The number of carbonyl (C=O) groups is 2. The quantitative estimate of drug-likeness (QED) is 0.0153. The molecule has 1 unspecified atom stereocenters. The monoisotopic (exact) mass is 831 g/mol. The molecule has 0 aliphatic rings. The van der Waals surface area contributed by atoms with Crippen LogP contribution in [0.3, 0.4) is 0 Å². The molecule has 0 aliphatic heterocycles. The van der Waals surface area contributed by atoms with Crippen molar-refractivity contribution in [3.63, 3.8) is 0 Å². The summed E-state index contributed by atoms with van der Waals surface area (Å²) in [5.41, 5.74) is -1.87. The Morgan fingerprint density at radius 1 is 0.679 bits per heavy atom. The third-order valence-electron chi connectivity index (χ3n) is 8.99. The molecule has 0 aromatic heterocycles. The predicted octanol–water partition coefficient (Wildman–Crippen LogP) is 10.8. The van der Waals surface area contributed by atoms with Crippen molar-refractivity contribution in [2.75, 3.05) is 54.1 Å². The first-order valence-corrected chi connectivity index (χ1v) is 22.3. The van der Waals surface area contributed by atoms with Gasteiger partial charge in [-0.3, -0.25) is 18.6 Å². The van der Waals surface area contributed by atoms with E-state index in [-0.39, 0.29) is 32.7 Å². The summed E-state index contributed by atoms with van der Waals surface area (Å²) >= 11 is 0. The second-order valence-electron chi connectivity index (χ2n) is 15.4. The molecule has 2 atom stereocenters. The Morgan fingerprint density at radius 3 is 1.57 bits per heavy atom. The molecule has 0 amide bonds. The molecule has 56 heavy (non-hydrogen) atoms. The molecule has 0 radical (unpaired) electrons. The van der Waals surface area contributed by atoms with Crippen molar-refractivity contribution in [1.82, 2.24) is 0 Å². The normalized spacial score (nSPS) is 14.1. The molecule has 0 fully saturated rings. The number of esters is 2. The van der Waals surface area contributed by atoms with Crippen molar-refractivity contribution in [2.45, 2.75) is 173 Å². The van der Waals surface area contributed by atoms with Gasteiger partial charge < -0.3 is 28.7 Å². The average molecular weight is 832 g/mol. The fourth-order valence-electron chi connectivity index (χ4n) is 5.62. The van der Waals surface area contributed by atoms with Gasteiger partial charge in [0.05, 0.1) is 34.4 Å². The van der Waals surface area contributed by atoms with E-state index in [0.717, 1.165) is 57.8 Å². The molecular formula is C39H73F3N3O10P+2. The Hall–Kier alpha value is -2.44. The van der Waals surface area contributed by atoms with Crippen LogP contribution in [0, 0.1) is 5.39 Å². The van der Waals surface area contributed by atoms with E-state index >= 15 is 0 Å². The zero-order valence-electron chi connectivity index (χ0n) is 34.7. The molecule has 0 spiro atoms. The second kappa shape index (κ2) is 32.5. The van der Waals surface area contributed by atoms with Crippen molar-refractivity contribution in [3.05, 3.63) is 16.6 Å². The van der Waals surface area contributed by atoms with Crippen molar-refractivity contribution >= 4 is 19.8 Å². The van der Waals surface area contributed by atoms with Gasteiger partial charge in [0.2, 0.25) is 5.39 Å². The second-order valence-corrected chi connectivity index (χ2v) is 16.9. The van der Waals surface area contributed by atoms with Crippen LogP contribution in [0.15, 0.2) is 11.6 Å². The molecule has 2 N–H and O–H groups in total. The first kappa shape index (κ1) is 53.6. The number of carbonyl (C=O) groups excluding carboxylic acids is 2. The van der Waals surface area contributed by atoms with Crippen molar-refractivity contribution in [2.24, 2.45) is 0 Å². The summed E-state index contributed by atoms with van der Waals surface area (Å²) in [6.07, 6.45) is 16.6. The van der Waals surface area contributed by atoms with Crippen LogP contribution in [0.5, 0.6) is 0 Å². The average Bonchev–Trinajstić information content (AvgIpc) is 3.10. The lowest BCUT2D eigenvalue weighted by Gasteiger charge is -2.24.